The Kier molecular flexibility index (Phi) is 3.70. The number of nitrogens with zero attached hydrogens (tertiary/aromatic N) is 1. The van der Waals surface area contributed by atoms with Gasteiger partial charge in [-0.15, -0.1) is 11.8 Å². The van der Waals surface area contributed by atoms with E-state index in [0.29, 0.717) is 17.0 Å². The quantitative estimate of drug-likeness (QED) is 0.692. The molecule has 0 saturated carbocycles. The standard InChI is InChI=1S/C16H16N2O3S/c1-8-11(15(19)20-2)12(13-14(8)21-16(17)18-13)9-4-6-10(22-3)7-5-9/h4-7,12H,1-3H3,(H2,17,18)/t12-/m0/s1. The number of carbonyl (C=O) groups is 1. The van der Waals surface area contributed by atoms with Crippen LogP contribution in [0.5, 0.6) is 0 Å². The zero-order valence-corrected chi connectivity index (χ0v) is 13.4. The minimum absolute atomic E-state index is 0.110. The maximum atomic E-state index is 12.2. The van der Waals surface area contributed by atoms with Gasteiger partial charge in [0, 0.05) is 10.5 Å². The van der Waals surface area contributed by atoms with E-state index in [1.807, 2.05) is 37.4 Å². The Labute approximate surface area is 132 Å². The van der Waals surface area contributed by atoms with Crippen LogP contribution in [-0.2, 0) is 9.53 Å². The van der Waals surface area contributed by atoms with Crippen molar-refractivity contribution in [2.45, 2.75) is 17.7 Å². The lowest BCUT2D eigenvalue weighted by Crippen LogP contribution is -2.13. The molecular weight excluding hydrogens is 300 g/mol. The van der Waals surface area contributed by atoms with E-state index < -0.39 is 0 Å². The van der Waals surface area contributed by atoms with E-state index in [4.69, 9.17) is 14.9 Å². The lowest BCUT2D eigenvalue weighted by molar-refractivity contribution is -0.136. The molecule has 0 saturated heterocycles. The van der Waals surface area contributed by atoms with Gasteiger partial charge in [0.05, 0.1) is 18.6 Å². The minimum Gasteiger partial charge on any atom is -0.466 e. The van der Waals surface area contributed by atoms with E-state index in [-0.39, 0.29) is 17.9 Å². The summed E-state index contributed by atoms with van der Waals surface area (Å²) < 4.78 is 10.4. The second-order valence-corrected chi connectivity index (χ2v) is 5.88. The molecule has 5 nitrogen and oxygen atoms in total. The van der Waals surface area contributed by atoms with Gasteiger partial charge in [-0.1, -0.05) is 12.1 Å². The molecular formula is C16H16N2O3S. The topological polar surface area (TPSA) is 78.3 Å². The van der Waals surface area contributed by atoms with Gasteiger partial charge in [-0.2, -0.15) is 4.98 Å². The number of ether oxygens (including phenoxy) is 1. The number of rotatable bonds is 3. The van der Waals surface area contributed by atoms with Crippen LogP contribution < -0.4 is 5.73 Å². The number of fused-ring (bicyclic) bond motifs is 1. The fraction of sp³-hybridized carbons (Fsp3) is 0.250. The van der Waals surface area contributed by atoms with Crippen molar-refractivity contribution in [3.63, 3.8) is 0 Å². The van der Waals surface area contributed by atoms with Crippen LogP contribution in [0.3, 0.4) is 0 Å². The monoisotopic (exact) mass is 316 g/mol. The number of carbonyl (C=O) groups excluding carboxylic acids is 1. The van der Waals surface area contributed by atoms with Gasteiger partial charge in [0.2, 0.25) is 0 Å². The highest BCUT2D eigenvalue weighted by Crippen LogP contribution is 2.46. The van der Waals surface area contributed by atoms with Crippen molar-refractivity contribution >= 4 is 29.3 Å². The number of thioether (sulfide) groups is 1. The lowest BCUT2D eigenvalue weighted by Gasteiger charge is -2.14. The van der Waals surface area contributed by atoms with Gasteiger partial charge in [-0.3, -0.25) is 0 Å². The van der Waals surface area contributed by atoms with E-state index in [0.717, 1.165) is 16.0 Å². The fourth-order valence-electron chi connectivity index (χ4n) is 2.79. The zero-order chi connectivity index (χ0) is 15.9. The molecule has 1 heterocycles. The molecule has 6 heteroatoms. The van der Waals surface area contributed by atoms with Crippen LogP contribution in [0.4, 0.5) is 6.01 Å². The number of nitrogens with two attached hydrogens (primary N) is 1. The highest BCUT2D eigenvalue weighted by atomic mass is 32.2. The zero-order valence-electron chi connectivity index (χ0n) is 12.5. The van der Waals surface area contributed by atoms with E-state index in [2.05, 4.69) is 4.98 Å². The predicted molar refractivity (Wildman–Crippen MR) is 85.6 cm³/mol. The number of nitrogen functional groups attached to an aromatic ring is 1. The molecule has 0 unspecified atom stereocenters. The van der Waals surface area contributed by atoms with Gasteiger partial charge < -0.3 is 14.9 Å². The molecule has 0 fully saturated rings. The Hall–Kier alpha value is -2.21. The summed E-state index contributed by atoms with van der Waals surface area (Å²) in [4.78, 5) is 17.6. The molecule has 114 valence electrons. The second-order valence-electron chi connectivity index (χ2n) is 5.00. The number of esters is 1. The summed E-state index contributed by atoms with van der Waals surface area (Å²) in [6.07, 6.45) is 2.02. The maximum absolute atomic E-state index is 12.2. The molecule has 22 heavy (non-hydrogen) atoms. The summed E-state index contributed by atoms with van der Waals surface area (Å²) in [7, 11) is 1.37. The van der Waals surface area contributed by atoms with Crippen LogP contribution in [0.15, 0.2) is 39.2 Å². The summed E-state index contributed by atoms with van der Waals surface area (Å²) in [6, 6.07) is 8.13. The summed E-state index contributed by atoms with van der Waals surface area (Å²) in [5.74, 6) is -0.112. The number of aromatic nitrogens is 1. The first kappa shape index (κ1) is 14.7. The number of benzene rings is 1. The first-order chi connectivity index (χ1) is 10.6. The normalized spacial score (nSPS) is 16.8. The SMILES string of the molecule is COC(=O)C1=C(C)c2oc(N)nc2[C@H]1c1ccc(SC)cc1. The summed E-state index contributed by atoms with van der Waals surface area (Å²) in [5, 5.41) is 0. The summed E-state index contributed by atoms with van der Waals surface area (Å²) in [5.41, 5.74) is 8.59. The van der Waals surface area contributed by atoms with E-state index >= 15 is 0 Å². The molecule has 1 aromatic carbocycles. The largest absolute Gasteiger partial charge is 0.466 e. The van der Waals surface area contributed by atoms with Crippen molar-refractivity contribution in [1.29, 1.82) is 0 Å². The van der Waals surface area contributed by atoms with E-state index in [1.165, 1.54) is 7.11 Å². The first-order valence-corrected chi connectivity index (χ1v) is 7.99. The van der Waals surface area contributed by atoms with Crippen molar-refractivity contribution in [2.75, 3.05) is 19.1 Å². The maximum Gasteiger partial charge on any atom is 0.335 e. The van der Waals surface area contributed by atoms with E-state index in [1.54, 1.807) is 11.8 Å². The van der Waals surface area contributed by atoms with Crippen molar-refractivity contribution < 1.29 is 13.9 Å². The molecule has 0 spiro atoms. The second kappa shape index (κ2) is 5.53. The third-order valence-electron chi connectivity index (χ3n) is 3.83. The van der Waals surface area contributed by atoms with Crippen LogP contribution in [-0.4, -0.2) is 24.3 Å². The molecule has 0 amide bonds. The minimum atomic E-state index is -0.372. The summed E-state index contributed by atoms with van der Waals surface area (Å²) >= 11 is 1.66. The van der Waals surface area contributed by atoms with Crippen LogP contribution in [0, 0.1) is 0 Å². The summed E-state index contributed by atoms with van der Waals surface area (Å²) in [6.45, 7) is 1.83. The number of oxazole rings is 1. The van der Waals surface area contributed by atoms with Gasteiger partial charge in [-0.25, -0.2) is 4.79 Å². The van der Waals surface area contributed by atoms with Crippen LogP contribution in [0.1, 0.15) is 29.9 Å². The average Bonchev–Trinajstić information content (AvgIpc) is 3.03. The molecule has 1 atom stereocenters. The molecule has 3 rings (SSSR count). The Balaban J connectivity index is 2.15. The van der Waals surface area contributed by atoms with Crippen molar-refractivity contribution in [3.8, 4) is 0 Å². The molecule has 1 aliphatic rings. The molecule has 1 aromatic heterocycles. The first-order valence-electron chi connectivity index (χ1n) is 6.76. The fourth-order valence-corrected chi connectivity index (χ4v) is 3.20. The van der Waals surface area contributed by atoms with Crippen molar-refractivity contribution in [3.05, 3.63) is 46.9 Å². The number of hydrogen-bond acceptors (Lipinski definition) is 6. The van der Waals surface area contributed by atoms with Crippen molar-refractivity contribution in [1.82, 2.24) is 4.98 Å². The Morgan fingerprint density at radius 3 is 2.64 bits per heavy atom. The van der Waals surface area contributed by atoms with Crippen LogP contribution in [0.25, 0.3) is 5.57 Å². The Morgan fingerprint density at radius 1 is 1.36 bits per heavy atom. The lowest BCUT2D eigenvalue weighted by atomic mass is 9.91. The predicted octanol–water partition coefficient (Wildman–Crippen LogP) is 3.07. The molecule has 2 aromatic rings. The molecule has 0 aliphatic heterocycles. The number of anilines is 1. The number of methoxy groups -OCH3 is 1. The van der Waals surface area contributed by atoms with Gasteiger partial charge in [0.15, 0.2) is 5.76 Å². The van der Waals surface area contributed by atoms with Crippen molar-refractivity contribution in [2.24, 2.45) is 0 Å². The van der Waals surface area contributed by atoms with Gasteiger partial charge in [-0.05, 0) is 30.9 Å². The van der Waals surface area contributed by atoms with Crippen LogP contribution in [0.2, 0.25) is 0 Å². The molecule has 1 aliphatic carbocycles. The Morgan fingerprint density at radius 2 is 2.05 bits per heavy atom. The highest BCUT2D eigenvalue weighted by molar-refractivity contribution is 7.98. The van der Waals surface area contributed by atoms with Crippen LogP contribution >= 0.6 is 11.8 Å². The van der Waals surface area contributed by atoms with Gasteiger partial charge in [0.1, 0.15) is 5.69 Å². The number of hydrogen-bond donors (Lipinski definition) is 1. The number of allylic oxidation sites excluding steroid dienone is 1. The molecule has 0 radical (unpaired) electrons. The molecule has 0 bridgehead atoms. The van der Waals surface area contributed by atoms with E-state index in [9.17, 15) is 4.79 Å². The average molecular weight is 316 g/mol. The van der Waals surface area contributed by atoms with Gasteiger partial charge in [0.25, 0.3) is 6.01 Å². The third kappa shape index (κ3) is 2.20. The third-order valence-corrected chi connectivity index (χ3v) is 4.57. The highest BCUT2D eigenvalue weighted by Gasteiger charge is 2.39. The Bertz CT molecular complexity index is 762. The van der Waals surface area contributed by atoms with Gasteiger partial charge >= 0.3 is 5.97 Å². The molecule has 2 N–H and O–H groups in total. The smallest absolute Gasteiger partial charge is 0.335 e.